The zero-order valence-corrected chi connectivity index (χ0v) is 19.9. The molecule has 0 radical (unpaired) electrons. The fourth-order valence-corrected chi connectivity index (χ4v) is 6.24. The number of carboxylic acid groups (broad SMARTS) is 1. The van der Waals surface area contributed by atoms with Crippen LogP contribution in [-0.4, -0.2) is 48.4 Å². The van der Waals surface area contributed by atoms with Crippen molar-refractivity contribution >= 4 is 35.3 Å². The molecule has 172 valence electrons. The Labute approximate surface area is 193 Å². The van der Waals surface area contributed by atoms with Crippen LogP contribution in [0.1, 0.15) is 63.9 Å². The van der Waals surface area contributed by atoms with Gasteiger partial charge in [0.15, 0.2) is 0 Å². The van der Waals surface area contributed by atoms with Gasteiger partial charge in [-0.25, -0.2) is 4.79 Å². The van der Waals surface area contributed by atoms with Crippen LogP contribution in [0.25, 0.3) is 0 Å². The topological polar surface area (TPSA) is 94.8 Å². The predicted octanol–water partition coefficient (Wildman–Crippen LogP) is 4.83. The van der Waals surface area contributed by atoms with Gasteiger partial charge in [0, 0.05) is 6.42 Å². The fraction of sp³-hybridized carbons (Fsp3) is 0.583. The molecule has 0 aromatic heterocycles. The third-order valence-electron chi connectivity index (χ3n) is 5.57. The summed E-state index contributed by atoms with van der Waals surface area (Å²) in [5, 5.41) is 28.6. The molecule has 2 rings (SSSR count). The van der Waals surface area contributed by atoms with E-state index in [0.717, 1.165) is 32.6 Å². The Bertz CT molecular complexity index is 735. The van der Waals surface area contributed by atoms with E-state index in [2.05, 4.69) is 43.3 Å². The number of benzene rings is 1. The molecule has 2 unspecified atom stereocenters. The second-order valence-electron chi connectivity index (χ2n) is 8.17. The number of rotatable bonds is 13. The van der Waals surface area contributed by atoms with Crippen molar-refractivity contribution in [2.24, 2.45) is 5.92 Å². The van der Waals surface area contributed by atoms with Gasteiger partial charge in [0.2, 0.25) is 4.93 Å². The lowest BCUT2D eigenvalue weighted by atomic mass is 9.91. The Balaban J connectivity index is 1.86. The molecule has 1 saturated carbocycles. The van der Waals surface area contributed by atoms with Gasteiger partial charge < -0.3 is 15.3 Å². The van der Waals surface area contributed by atoms with Crippen molar-refractivity contribution < 1.29 is 24.9 Å². The molecule has 5 nitrogen and oxygen atoms in total. The van der Waals surface area contributed by atoms with E-state index in [1.54, 1.807) is 0 Å². The highest BCUT2D eigenvalue weighted by Crippen LogP contribution is 2.36. The van der Waals surface area contributed by atoms with Crippen LogP contribution < -0.4 is 0 Å². The molecule has 1 fully saturated rings. The van der Waals surface area contributed by atoms with Crippen LogP contribution >= 0.6 is 23.5 Å². The number of hydrogen-bond donors (Lipinski definition) is 3. The van der Waals surface area contributed by atoms with Gasteiger partial charge in [0.05, 0.1) is 5.25 Å². The maximum atomic E-state index is 12.4. The average molecular weight is 467 g/mol. The van der Waals surface area contributed by atoms with Crippen LogP contribution in [0.2, 0.25) is 0 Å². The van der Waals surface area contributed by atoms with Gasteiger partial charge in [-0.2, -0.15) is 0 Å². The van der Waals surface area contributed by atoms with Gasteiger partial charge in [-0.15, -0.1) is 11.8 Å². The van der Waals surface area contributed by atoms with E-state index in [1.165, 1.54) is 17.3 Å². The standard InChI is InChI=1S/C24H34O5S2/c1-3-8-17(18-9-5-4-6-10-18)11-7-12-19-13-14-20(25)22(19)30-16-15-21(26)31-24(2,29)23(27)28/h4-7,9-10,12,17,19,21-22,26,29H,3,8,11,13-16H2,1-2H3,(H,27,28)/b12-7+/t17-,19+,21?,22-,24?/m1/s1. The molecule has 5 atom stereocenters. The maximum absolute atomic E-state index is 12.4. The summed E-state index contributed by atoms with van der Waals surface area (Å²) in [5.74, 6) is 0.0830. The summed E-state index contributed by atoms with van der Waals surface area (Å²) in [4.78, 5) is 21.3. The molecule has 7 heteroatoms. The fourth-order valence-electron chi connectivity index (χ4n) is 3.84. The van der Waals surface area contributed by atoms with E-state index in [-0.39, 0.29) is 17.0 Å². The SMILES string of the molecule is CCC[C@H](C/C=C/[C@H]1CCC(=O)[C@@H]1SCCC(O)SC(C)(O)C(=O)O)c1ccccc1. The molecule has 0 heterocycles. The van der Waals surface area contributed by atoms with Crippen molar-refractivity contribution in [3.05, 3.63) is 48.0 Å². The summed E-state index contributed by atoms with van der Waals surface area (Å²) in [6.07, 6.45) is 9.36. The molecule has 0 aliphatic heterocycles. The summed E-state index contributed by atoms with van der Waals surface area (Å²) in [7, 11) is 0. The van der Waals surface area contributed by atoms with Crippen molar-refractivity contribution in [1.29, 1.82) is 0 Å². The van der Waals surface area contributed by atoms with E-state index in [0.29, 0.717) is 36.3 Å². The number of aliphatic hydroxyl groups excluding tert-OH is 1. The first-order chi connectivity index (χ1) is 14.7. The van der Waals surface area contributed by atoms with E-state index in [1.807, 2.05) is 6.07 Å². The van der Waals surface area contributed by atoms with Crippen molar-refractivity contribution in [2.75, 3.05) is 5.75 Å². The molecule has 3 N–H and O–H groups in total. The largest absolute Gasteiger partial charge is 0.478 e. The number of carboxylic acids is 1. The molecule has 1 aromatic carbocycles. The number of ketones is 1. The molecule has 0 bridgehead atoms. The number of carbonyl (C=O) groups excluding carboxylic acids is 1. The van der Waals surface area contributed by atoms with Crippen molar-refractivity contribution in [2.45, 2.75) is 73.9 Å². The average Bonchev–Trinajstić information content (AvgIpc) is 3.07. The lowest BCUT2D eigenvalue weighted by Crippen LogP contribution is -2.33. The first-order valence-corrected chi connectivity index (χ1v) is 12.8. The molecular formula is C24H34O5S2. The molecule has 1 aliphatic carbocycles. The Hall–Kier alpha value is -1.28. The normalized spacial score (nSPS) is 23.0. The lowest BCUT2D eigenvalue weighted by Gasteiger charge is -2.21. The van der Waals surface area contributed by atoms with Gasteiger partial charge in [0.25, 0.3) is 0 Å². The number of carbonyl (C=O) groups is 2. The van der Waals surface area contributed by atoms with Gasteiger partial charge in [-0.1, -0.05) is 67.6 Å². The minimum absolute atomic E-state index is 0.116. The van der Waals surface area contributed by atoms with Crippen LogP contribution in [0.5, 0.6) is 0 Å². The summed E-state index contributed by atoms with van der Waals surface area (Å²) in [6.45, 7) is 3.35. The predicted molar refractivity (Wildman–Crippen MR) is 128 cm³/mol. The second-order valence-corrected chi connectivity index (χ2v) is 11.0. The third-order valence-corrected chi connectivity index (χ3v) is 8.15. The smallest absolute Gasteiger partial charge is 0.346 e. The zero-order chi connectivity index (χ0) is 22.9. The van der Waals surface area contributed by atoms with E-state index >= 15 is 0 Å². The third kappa shape index (κ3) is 8.29. The van der Waals surface area contributed by atoms with E-state index in [4.69, 9.17) is 5.11 Å². The van der Waals surface area contributed by atoms with Gasteiger partial charge in [-0.3, -0.25) is 4.79 Å². The Kier molecular flexibility index (Phi) is 10.6. The van der Waals surface area contributed by atoms with Crippen LogP contribution in [0.3, 0.4) is 0 Å². The summed E-state index contributed by atoms with van der Waals surface area (Å²) < 4.78 is 0. The Morgan fingerprint density at radius 3 is 2.65 bits per heavy atom. The first kappa shape index (κ1) is 26.0. The van der Waals surface area contributed by atoms with Crippen molar-refractivity contribution in [3.8, 4) is 0 Å². The zero-order valence-electron chi connectivity index (χ0n) is 18.3. The van der Waals surface area contributed by atoms with Crippen LogP contribution in [0.15, 0.2) is 42.5 Å². The highest BCUT2D eigenvalue weighted by molar-refractivity contribution is 8.02. The molecule has 0 amide bonds. The van der Waals surface area contributed by atoms with E-state index in [9.17, 15) is 19.8 Å². The molecule has 1 aromatic rings. The van der Waals surface area contributed by atoms with Crippen molar-refractivity contribution in [3.63, 3.8) is 0 Å². The number of Topliss-reactive ketones (excluding diaryl/α,β-unsaturated/α-hetero) is 1. The minimum Gasteiger partial charge on any atom is -0.478 e. The lowest BCUT2D eigenvalue weighted by molar-refractivity contribution is -0.148. The molecule has 31 heavy (non-hydrogen) atoms. The van der Waals surface area contributed by atoms with Crippen LogP contribution in [-0.2, 0) is 9.59 Å². The van der Waals surface area contributed by atoms with E-state index < -0.39 is 16.3 Å². The summed E-state index contributed by atoms with van der Waals surface area (Å²) in [5.41, 5.74) is 0.357. The van der Waals surface area contributed by atoms with Crippen LogP contribution in [0, 0.1) is 5.92 Å². The molecule has 0 spiro atoms. The van der Waals surface area contributed by atoms with Crippen molar-refractivity contribution in [1.82, 2.24) is 0 Å². The number of allylic oxidation sites excluding steroid dienone is 2. The highest BCUT2D eigenvalue weighted by Gasteiger charge is 2.35. The number of aliphatic hydroxyl groups is 2. The Morgan fingerprint density at radius 2 is 2.00 bits per heavy atom. The van der Waals surface area contributed by atoms with Crippen LogP contribution in [0.4, 0.5) is 0 Å². The number of thioether (sulfide) groups is 2. The number of aliphatic carboxylic acids is 1. The highest BCUT2D eigenvalue weighted by atomic mass is 32.2. The second kappa shape index (κ2) is 12.7. The monoisotopic (exact) mass is 466 g/mol. The quantitative estimate of drug-likeness (QED) is 0.283. The van der Waals surface area contributed by atoms with Gasteiger partial charge in [-0.05, 0) is 55.8 Å². The molecule has 1 aliphatic rings. The van der Waals surface area contributed by atoms with Gasteiger partial charge >= 0.3 is 5.97 Å². The summed E-state index contributed by atoms with van der Waals surface area (Å²) >= 11 is 2.14. The minimum atomic E-state index is -2.02. The summed E-state index contributed by atoms with van der Waals surface area (Å²) in [6, 6.07) is 10.5. The maximum Gasteiger partial charge on any atom is 0.346 e. The Morgan fingerprint density at radius 1 is 1.29 bits per heavy atom. The first-order valence-electron chi connectivity index (χ1n) is 10.9. The number of hydrogen-bond acceptors (Lipinski definition) is 6. The molecular weight excluding hydrogens is 432 g/mol. The molecule has 0 saturated heterocycles. The van der Waals surface area contributed by atoms with Gasteiger partial charge in [0.1, 0.15) is 11.2 Å².